The third kappa shape index (κ3) is 2.62. The molecule has 1 N–H and O–H groups in total. The molecule has 1 heterocycles. The third-order valence-electron chi connectivity index (χ3n) is 3.16. The molecule has 1 amide bonds. The summed E-state index contributed by atoms with van der Waals surface area (Å²) in [5.41, 5.74) is 2.25. The molecule has 2 aromatic carbocycles. The van der Waals surface area contributed by atoms with Crippen LogP contribution in [0, 0.1) is 0 Å². The molecule has 0 bridgehead atoms. The van der Waals surface area contributed by atoms with Gasteiger partial charge in [0.2, 0.25) is 0 Å². The van der Waals surface area contributed by atoms with Crippen LogP contribution in [0.4, 0.5) is 5.69 Å². The summed E-state index contributed by atoms with van der Waals surface area (Å²) in [6.45, 7) is 0. The Morgan fingerprint density at radius 3 is 2.62 bits per heavy atom. The van der Waals surface area contributed by atoms with Crippen LogP contribution in [0.1, 0.15) is 10.4 Å². The van der Waals surface area contributed by atoms with Gasteiger partial charge >= 0.3 is 5.76 Å². The largest absolute Gasteiger partial charge is 0.419 e. The Kier molecular flexibility index (Phi) is 3.39. The molecule has 3 aromatic rings. The summed E-state index contributed by atoms with van der Waals surface area (Å²) in [5, 5.41) is 2.77. The molecule has 0 aliphatic heterocycles. The maximum Gasteiger partial charge on any atom is 0.419 e. The quantitative estimate of drug-likeness (QED) is 0.775. The second kappa shape index (κ2) is 5.21. The van der Waals surface area contributed by atoms with E-state index in [1.54, 1.807) is 49.5 Å². The number of carbonyl (C=O) groups excluding carboxylic acids is 1. The second-order valence-corrected chi connectivity index (χ2v) is 5.49. The molecule has 0 saturated heterocycles. The fraction of sp³-hybridized carbons (Fsp3) is 0.0667. The van der Waals surface area contributed by atoms with Gasteiger partial charge in [-0.05, 0) is 36.4 Å². The lowest BCUT2D eigenvalue weighted by molar-refractivity contribution is 0.102. The molecule has 106 valence electrons. The van der Waals surface area contributed by atoms with E-state index >= 15 is 0 Å². The minimum Gasteiger partial charge on any atom is -0.408 e. The van der Waals surface area contributed by atoms with E-state index in [4.69, 9.17) is 4.42 Å². The van der Waals surface area contributed by atoms with E-state index < -0.39 is 5.76 Å². The number of carbonyl (C=O) groups is 1. The number of amides is 1. The van der Waals surface area contributed by atoms with Crippen molar-refractivity contribution in [3.8, 4) is 0 Å². The number of halogens is 1. The number of hydrogen-bond acceptors (Lipinski definition) is 3. The first-order valence-corrected chi connectivity index (χ1v) is 7.00. The fourth-order valence-electron chi connectivity index (χ4n) is 2.02. The van der Waals surface area contributed by atoms with Gasteiger partial charge in [0.1, 0.15) is 0 Å². The zero-order valence-corrected chi connectivity index (χ0v) is 12.7. The Bertz CT molecular complexity index is 878. The van der Waals surface area contributed by atoms with E-state index in [2.05, 4.69) is 21.2 Å². The minimum atomic E-state index is -0.429. The first kappa shape index (κ1) is 13.6. The van der Waals surface area contributed by atoms with Gasteiger partial charge in [0.25, 0.3) is 5.91 Å². The topological polar surface area (TPSA) is 64.2 Å². The number of rotatable bonds is 2. The summed E-state index contributed by atoms with van der Waals surface area (Å²) < 4.78 is 7.41. The molecular weight excluding hydrogens is 336 g/mol. The summed E-state index contributed by atoms with van der Waals surface area (Å²) in [5.74, 6) is -0.651. The molecule has 0 atom stereocenters. The van der Waals surface area contributed by atoms with Crippen molar-refractivity contribution < 1.29 is 9.21 Å². The molecular formula is C15H11BrN2O3. The van der Waals surface area contributed by atoms with Crippen molar-refractivity contribution in [3.63, 3.8) is 0 Å². The van der Waals surface area contributed by atoms with Gasteiger partial charge in [0.05, 0.1) is 5.52 Å². The van der Waals surface area contributed by atoms with Crippen LogP contribution in [0.2, 0.25) is 0 Å². The predicted molar refractivity (Wildman–Crippen MR) is 83.6 cm³/mol. The maximum absolute atomic E-state index is 12.1. The van der Waals surface area contributed by atoms with Crippen LogP contribution >= 0.6 is 15.9 Å². The Labute approximate surface area is 128 Å². The molecule has 1 aromatic heterocycles. The van der Waals surface area contributed by atoms with Gasteiger partial charge in [-0.3, -0.25) is 9.36 Å². The Morgan fingerprint density at radius 1 is 1.19 bits per heavy atom. The van der Waals surface area contributed by atoms with Gasteiger partial charge in [0.15, 0.2) is 5.58 Å². The number of nitrogens with one attached hydrogen (secondary N) is 1. The summed E-state index contributed by atoms with van der Waals surface area (Å²) in [4.78, 5) is 23.5. The normalized spacial score (nSPS) is 10.8. The fourth-order valence-corrected chi connectivity index (χ4v) is 2.28. The van der Waals surface area contributed by atoms with E-state index in [-0.39, 0.29) is 5.91 Å². The molecule has 0 radical (unpaired) electrons. The Hall–Kier alpha value is -2.34. The highest BCUT2D eigenvalue weighted by Crippen LogP contribution is 2.19. The number of aryl methyl sites for hydroxylation is 1. The number of fused-ring (bicyclic) bond motifs is 1. The van der Waals surface area contributed by atoms with Crippen LogP contribution in [0.3, 0.4) is 0 Å². The average Bonchev–Trinajstić information content (AvgIpc) is 2.74. The second-order valence-electron chi connectivity index (χ2n) is 4.57. The van der Waals surface area contributed by atoms with Crippen LogP contribution in [0.5, 0.6) is 0 Å². The zero-order valence-electron chi connectivity index (χ0n) is 11.1. The van der Waals surface area contributed by atoms with Gasteiger partial charge in [-0.1, -0.05) is 15.9 Å². The maximum atomic E-state index is 12.1. The number of nitrogens with zero attached hydrogens (tertiary/aromatic N) is 1. The molecule has 0 fully saturated rings. The van der Waals surface area contributed by atoms with Crippen molar-refractivity contribution in [1.82, 2.24) is 4.57 Å². The third-order valence-corrected chi connectivity index (χ3v) is 3.69. The van der Waals surface area contributed by atoms with Gasteiger partial charge in [-0.2, -0.15) is 0 Å². The van der Waals surface area contributed by atoms with Crippen molar-refractivity contribution in [3.05, 3.63) is 63.1 Å². The van der Waals surface area contributed by atoms with Crippen LogP contribution in [-0.2, 0) is 7.05 Å². The molecule has 3 rings (SSSR count). The van der Waals surface area contributed by atoms with E-state index in [9.17, 15) is 9.59 Å². The number of hydrogen-bond donors (Lipinski definition) is 1. The predicted octanol–water partition coefficient (Wildman–Crippen LogP) is 3.15. The first-order valence-electron chi connectivity index (χ1n) is 6.21. The van der Waals surface area contributed by atoms with E-state index in [0.717, 1.165) is 4.47 Å². The molecule has 0 aliphatic rings. The lowest BCUT2D eigenvalue weighted by atomic mass is 10.2. The van der Waals surface area contributed by atoms with E-state index in [1.165, 1.54) is 4.57 Å². The van der Waals surface area contributed by atoms with Crippen LogP contribution in [0.25, 0.3) is 11.1 Å². The smallest absolute Gasteiger partial charge is 0.408 e. The minimum absolute atomic E-state index is 0.222. The van der Waals surface area contributed by atoms with Crippen molar-refractivity contribution in [2.75, 3.05) is 5.32 Å². The lowest BCUT2D eigenvalue weighted by Crippen LogP contribution is -2.11. The lowest BCUT2D eigenvalue weighted by Gasteiger charge is -2.05. The molecule has 0 aliphatic carbocycles. The van der Waals surface area contributed by atoms with Crippen molar-refractivity contribution in [1.29, 1.82) is 0 Å². The van der Waals surface area contributed by atoms with Crippen LogP contribution in [0.15, 0.2) is 56.1 Å². The van der Waals surface area contributed by atoms with Gasteiger partial charge in [-0.25, -0.2) is 4.79 Å². The summed E-state index contributed by atoms with van der Waals surface area (Å²) in [6.07, 6.45) is 0. The van der Waals surface area contributed by atoms with Gasteiger partial charge < -0.3 is 9.73 Å². The number of anilines is 1. The highest BCUT2D eigenvalue weighted by molar-refractivity contribution is 9.10. The van der Waals surface area contributed by atoms with E-state index in [1.807, 2.05) is 0 Å². The molecule has 21 heavy (non-hydrogen) atoms. The molecule has 5 nitrogen and oxygen atoms in total. The van der Waals surface area contributed by atoms with Gasteiger partial charge in [0, 0.05) is 28.8 Å². The Morgan fingerprint density at radius 2 is 1.90 bits per heavy atom. The number of aromatic nitrogens is 1. The van der Waals surface area contributed by atoms with Crippen LogP contribution < -0.4 is 11.1 Å². The highest BCUT2D eigenvalue weighted by Gasteiger charge is 2.09. The standard InChI is InChI=1S/C15H11BrN2O3/c1-18-12-7-6-11(8-13(12)21-15(18)20)17-14(19)9-2-4-10(16)5-3-9/h2-8H,1H3,(H,17,19). The highest BCUT2D eigenvalue weighted by atomic mass is 79.9. The Balaban J connectivity index is 1.89. The average molecular weight is 347 g/mol. The molecule has 6 heteroatoms. The zero-order chi connectivity index (χ0) is 15.0. The monoisotopic (exact) mass is 346 g/mol. The van der Waals surface area contributed by atoms with Crippen molar-refractivity contribution in [2.24, 2.45) is 7.05 Å². The van der Waals surface area contributed by atoms with Crippen molar-refractivity contribution in [2.45, 2.75) is 0 Å². The van der Waals surface area contributed by atoms with E-state index in [0.29, 0.717) is 22.4 Å². The first-order chi connectivity index (χ1) is 10.0. The molecule has 0 unspecified atom stereocenters. The summed E-state index contributed by atoms with van der Waals surface area (Å²) >= 11 is 3.32. The summed E-state index contributed by atoms with van der Waals surface area (Å²) in [6, 6.07) is 12.1. The number of benzene rings is 2. The summed E-state index contributed by atoms with van der Waals surface area (Å²) in [7, 11) is 1.63. The SMILES string of the molecule is Cn1c(=O)oc2cc(NC(=O)c3ccc(Br)cc3)ccc21. The van der Waals surface area contributed by atoms with Crippen LogP contribution in [-0.4, -0.2) is 10.5 Å². The van der Waals surface area contributed by atoms with Gasteiger partial charge in [-0.15, -0.1) is 0 Å². The molecule has 0 saturated carbocycles. The van der Waals surface area contributed by atoms with Crippen molar-refractivity contribution >= 4 is 38.6 Å². The number of oxazole rings is 1. The molecule has 0 spiro atoms.